The van der Waals surface area contributed by atoms with Gasteiger partial charge < -0.3 is 15.1 Å². The smallest absolute Gasteiger partial charge is 0.174 e. The highest BCUT2D eigenvalue weighted by Gasteiger charge is 2.26. The fourth-order valence-electron chi connectivity index (χ4n) is 5.51. The number of anilines is 1. The van der Waals surface area contributed by atoms with Gasteiger partial charge in [0.05, 0.1) is 30.1 Å². The minimum atomic E-state index is 0.183. The van der Waals surface area contributed by atoms with Crippen LogP contribution in [0.25, 0.3) is 16.9 Å². The normalized spacial score (nSPS) is 16.5. The molecule has 1 aliphatic heterocycles. The van der Waals surface area contributed by atoms with Gasteiger partial charge in [-0.05, 0) is 57.3 Å². The Hall–Kier alpha value is -3.36. The number of piperidine rings is 1. The van der Waals surface area contributed by atoms with Gasteiger partial charge in [-0.15, -0.1) is 0 Å². The number of nitrogens with zero attached hydrogens (tertiary/aromatic N) is 5. The van der Waals surface area contributed by atoms with Gasteiger partial charge >= 0.3 is 0 Å². The van der Waals surface area contributed by atoms with E-state index < -0.39 is 0 Å². The molecule has 6 nitrogen and oxygen atoms in total. The van der Waals surface area contributed by atoms with Crippen LogP contribution in [0.15, 0.2) is 84.0 Å². The molecule has 0 spiro atoms. The van der Waals surface area contributed by atoms with E-state index >= 15 is 0 Å². The molecule has 1 N–H and O–H groups in total. The summed E-state index contributed by atoms with van der Waals surface area (Å²) in [6.07, 6.45) is 4.75. The van der Waals surface area contributed by atoms with E-state index in [0.29, 0.717) is 16.5 Å². The Morgan fingerprint density at radius 2 is 1.95 bits per heavy atom. The fraction of sp³-hybridized carbons (Fsp3) is 0.355. The van der Waals surface area contributed by atoms with Gasteiger partial charge in [0, 0.05) is 37.0 Å². The molecule has 1 aliphatic rings. The third kappa shape index (κ3) is 6.12. The third-order valence-electron chi connectivity index (χ3n) is 7.72. The van der Waals surface area contributed by atoms with Crippen molar-refractivity contribution in [2.75, 3.05) is 39.0 Å². The highest BCUT2D eigenvalue weighted by atomic mass is 32.2. The van der Waals surface area contributed by atoms with Crippen molar-refractivity contribution in [3.63, 3.8) is 0 Å². The summed E-state index contributed by atoms with van der Waals surface area (Å²) in [5.74, 6) is 1.27. The Labute approximate surface area is 235 Å². The maximum atomic E-state index is 13.7. The van der Waals surface area contributed by atoms with Gasteiger partial charge in [0.25, 0.3) is 0 Å². The van der Waals surface area contributed by atoms with E-state index in [1.807, 2.05) is 18.2 Å². The Morgan fingerprint density at radius 3 is 2.69 bits per heavy atom. The zero-order chi connectivity index (χ0) is 27.4. The summed E-state index contributed by atoms with van der Waals surface area (Å²) < 4.78 is 15.4. The van der Waals surface area contributed by atoms with Crippen LogP contribution in [0.2, 0.25) is 0 Å². The molecule has 4 aromatic rings. The first-order valence-corrected chi connectivity index (χ1v) is 14.3. The summed E-state index contributed by atoms with van der Waals surface area (Å²) in [4.78, 5) is 9.93. The van der Waals surface area contributed by atoms with Crippen LogP contribution in [-0.2, 0) is 6.42 Å². The molecule has 39 heavy (non-hydrogen) atoms. The first-order chi connectivity index (χ1) is 18.9. The molecule has 1 saturated heterocycles. The highest BCUT2D eigenvalue weighted by Crippen LogP contribution is 2.31. The second kappa shape index (κ2) is 12.2. The summed E-state index contributed by atoms with van der Waals surface area (Å²) >= 11 is 0.183. The fourth-order valence-corrected chi connectivity index (χ4v) is 5.80. The summed E-state index contributed by atoms with van der Waals surface area (Å²) in [5.41, 5.74) is 6.00. The number of hydrogen-bond donors (Lipinski definition) is 1. The number of rotatable bonds is 10. The Morgan fingerprint density at radius 1 is 1.18 bits per heavy atom. The second-order valence-corrected chi connectivity index (χ2v) is 11.3. The number of benzene rings is 2. The van der Waals surface area contributed by atoms with Crippen molar-refractivity contribution in [1.82, 2.24) is 24.4 Å². The van der Waals surface area contributed by atoms with Crippen LogP contribution < -0.4 is 5.32 Å². The molecule has 0 amide bonds. The predicted octanol–water partition coefficient (Wildman–Crippen LogP) is 6.49. The molecule has 0 saturated carbocycles. The van der Waals surface area contributed by atoms with Crippen molar-refractivity contribution in [3.05, 3.63) is 90.3 Å². The molecule has 2 atom stereocenters. The van der Waals surface area contributed by atoms with E-state index in [2.05, 4.69) is 90.3 Å². The summed E-state index contributed by atoms with van der Waals surface area (Å²) in [6.45, 7) is 9.40. The number of hydrogen-bond acceptors (Lipinski definition) is 6. The number of likely N-dealkylation sites (N-methyl/N-ethyl adjacent to an activating group) is 1. The first kappa shape index (κ1) is 27.2. The molecule has 0 bridgehead atoms. The SMILES string of the molecule is C=C(C(Cc1ccccc1)N(C)C)N1CCCC(CNc2cc(-c3ccccc3C)nc3c(SF)cnn23)C1. The minimum absolute atomic E-state index is 0.183. The lowest BCUT2D eigenvalue weighted by Crippen LogP contribution is -2.44. The van der Waals surface area contributed by atoms with Crippen molar-refractivity contribution in [3.8, 4) is 11.3 Å². The molecular formula is C31H37FN6S. The molecule has 2 unspecified atom stereocenters. The Balaban J connectivity index is 1.32. The lowest BCUT2D eigenvalue weighted by Gasteiger charge is -2.40. The molecule has 1 fully saturated rings. The molecular weight excluding hydrogens is 507 g/mol. The summed E-state index contributed by atoms with van der Waals surface area (Å²) in [6, 6.07) is 21.1. The van der Waals surface area contributed by atoms with Crippen LogP contribution in [0.4, 0.5) is 9.70 Å². The van der Waals surface area contributed by atoms with Crippen molar-refractivity contribution in [2.24, 2.45) is 5.92 Å². The minimum Gasteiger partial charge on any atom is -0.374 e. The molecule has 5 rings (SSSR count). The number of aryl methyl sites for hydroxylation is 1. The third-order valence-corrected chi connectivity index (χ3v) is 8.17. The van der Waals surface area contributed by atoms with E-state index in [4.69, 9.17) is 4.98 Å². The number of nitrogens with one attached hydrogen (secondary N) is 1. The lowest BCUT2D eigenvalue weighted by atomic mass is 9.95. The predicted molar refractivity (Wildman–Crippen MR) is 160 cm³/mol. The monoisotopic (exact) mass is 544 g/mol. The standard InChI is InChI=1S/C31H37FN6S/c1-22-11-8-9-15-26(22)27-18-30(38-31(35-27)29(39-32)20-34-38)33-19-25-14-10-16-37(21-25)23(2)28(36(3)4)17-24-12-6-5-7-13-24/h5-9,11-13,15,18,20,25,28,33H,2,10,14,16-17,19,21H2,1,3-4H3. The quantitative estimate of drug-likeness (QED) is 0.246. The molecule has 2 aromatic carbocycles. The largest absolute Gasteiger partial charge is 0.374 e. The van der Waals surface area contributed by atoms with Crippen LogP contribution in [0.1, 0.15) is 24.0 Å². The summed E-state index contributed by atoms with van der Waals surface area (Å²) in [5, 5.41) is 8.07. The average Bonchev–Trinajstić information content (AvgIpc) is 3.38. The highest BCUT2D eigenvalue weighted by molar-refractivity contribution is 7.94. The van der Waals surface area contributed by atoms with Gasteiger partial charge in [-0.25, -0.2) is 4.98 Å². The number of likely N-dealkylation sites (tertiary alicyclic amines) is 1. The van der Waals surface area contributed by atoms with Crippen molar-refractivity contribution in [2.45, 2.75) is 37.1 Å². The first-order valence-electron chi connectivity index (χ1n) is 13.6. The Kier molecular flexibility index (Phi) is 8.53. The number of aromatic nitrogens is 3. The van der Waals surface area contributed by atoms with Gasteiger partial charge in [-0.1, -0.05) is 61.2 Å². The van der Waals surface area contributed by atoms with E-state index in [9.17, 15) is 3.89 Å². The molecule has 204 valence electrons. The molecule has 8 heteroatoms. The second-order valence-electron chi connectivity index (χ2n) is 10.7. The van der Waals surface area contributed by atoms with Crippen LogP contribution >= 0.6 is 12.1 Å². The van der Waals surface area contributed by atoms with Gasteiger partial charge in [0.15, 0.2) is 5.65 Å². The maximum Gasteiger partial charge on any atom is 0.174 e. The van der Waals surface area contributed by atoms with E-state index in [1.165, 1.54) is 11.3 Å². The van der Waals surface area contributed by atoms with Gasteiger partial charge in [-0.2, -0.15) is 13.5 Å². The van der Waals surface area contributed by atoms with Crippen molar-refractivity contribution >= 4 is 23.6 Å². The lowest BCUT2D eigenvalue weighted by molar-refractivity contribution is 0.183. The van der Waals surface area contributed by atoms with Gasteiger partial charge in [0.1, 0.15) is 10.7 Å². The maximum absolute atomic E-state index is 13.7. The summed E-state index contributed by atoms with van der Waals surface area (Å²) in [7, 11) is 4.27. The van der Waals surface area contributed by atoms with Gasteiger partial charge in [-0.3, -0.25) is 0 Å². The number of halogens is 1. The number of fused-ring (bicyclic) bond motifs is 1. The molecule has 2 aromatic heterocycles. The van der Waals surface area contributed by atoms with Crippen LogP contribution in [0.3, 0.4) is 0 Å². The van der Waals surface area contributed by atoms with Crippen molar-refractivity contribution in [1.29, 1.82) is 0 Å². The van der Waals surface area contributed by atoms with E-state index in [1.54, 1.807) is 10.7 Å². The van der Waals surface area contributed by atoms with E-state index in [0.717, 1.165) is 61.5 Å². The van der Waals surface area contributed by atoms with Gasteiger partial charge in [0.2, 0.25) is 0 Å². The van der Waals surface area contributed by atoms with Crippen LogP contribution in [-0.4, -0.2) is 64.2 Å². The average molecular weight is 545 g/mol. The molecule has 3 heterocycles. The molecule has 0 aliphatic carbocycles. The van der Waals surface area contributed by atoms with Crippen LogP contribution in [0, 0.1) is 12.8 Å². The molecule has 0 radical (unpaired) electrons. The van der Waals surface area contributed by atoms with Crippen molar-refractivity contribution < 1.29 is 3.89 Å². The zero-order valence-corrected chi connectivity index (χ0v) is 23.8. The van der Waals surface area contributed by atoms with E-state index in [-0.39, 0.29) is 18.2 Å². The Bertz CT molecular complexity index is 1420. The topological polar surface area (TPSA) is 48.7 Å². The van der Waals surface area contributed by atoms with Crippen LogP contribution in [0.5, 0.6) is 0 Å². The zero-order valence-electron chi connectivity index (χ0n) is 23.0.